The number of esters is 1. The van der Waals surface area contributed by atoms with E-state index in [1.54, 1.807) is 12.1 Å². The maximum absolute atomic E-state index is 12.2. The molecular formula is C17H15Cl3O5. The third kappa shape index (κ3) is 4.63. The lowest BCUT2D eigenvalue weighted by Crippen LogP contribution is -2.12. The highest BCUT2D eigenvalue weighted by Crippen LogP contribution is 2.39. The van der Waals surface area contributed by atoms with Gasteiger partial charge < -0.3 is 18.9 Å². The number of methoxy groups -OCH3 is 3. The van der Waals surface area contributed by atoms with Crippen molar-refractivity contribution >= 4 is 40.8 Å². The maximum atomic E-state index is 12.2. The highest BCUT2D eigenvalue weighted by Gasteiger charge is 2.18. The minimum Gasteiger partial charge on any atom is -0.493 e. The summed E-state index contributed by atoms with van der Waals surface area (Å²) in [5.74, 6) is 0.816. The number of ether oxygens (including phenoxy) is 4. The summed E-state index contributed by atoms with van der Waals surface area (Å²) in [6.45, 7) is 0. The van der Waals surface area contributed by atoms with Gasteiger partial charge in [-0.05, 0) is 29.8 Å². The average molecular weight is 406 g/mol. The summed E-state index contributed by atoms with van der Waals surface area (Å²) in [5, 5.41) is 0.644. The van der Waals surface area contributed by atoms with Crippen molar-refractivity contribution in [1.29, 1.82) is 0 Å². The van der Waals surface area contributed by atoms with E-state index in [0.717, 1.165) is 0 Å². The standard InChI is InChI=1S/C17H15Cl3O5/c1-22-13-4-9(5-14(23-2)17(13)24-3)6-15(21)25-16-11(19)7-10(18)8-12(16)20/h4-5,7-8H,6H2,1-3H3. The molecule has 2 aromatic rings. The topological polar surface area (TPSA) is 54.0 Å². The fourth-order valence-electron chi connectivity index (χ4n) is 2.18. The van der Waals surface area contributed by atoms with E-state index in [4.69, 9.17) is 53.8 Å². The van der Waals surface area contributed by atoms with Gasteiger partial charge in [0.25, 0.3) is 0 Å². The van der Waals surface area contributed by atoms with Crippen LogP contribution in [0.1, 0.15) is 5.56 Å². The molecule has 2 rings (SSSR count). The molecule has 0 fully saturated rings. The Morgan fingerprint density at radius 1 is 0.840 bits per heavy atom. The molecule has 0 aliphatic carbocycles. The zero-order valence-corrected chi connectivity index (χ0v) is 16.0. The van der Waals surface area contributed by atoms with Crippen LogP contribution in [0.25, 0.3) is 0 Å². The van der Waals surface area contributed by atoms with Crippen LogP contribution in [0.5, 0.6) is 23.0 Å². The highest BCUT2D eigenvalue weighted by atomic mass is 35.5. The first-order chi connectivity index (χ1) is 11.9. The molecule has 134 valence electrons. The summed E-state index contributed by atoms with van der Waals surface area (Å²) in [5.41, 5.74) is 0.612. The van der Waals surface area contributed by atoms with Crippen molar-refractivity contribution < 1.29 is 23.7 Å². The van der Waals surface area contributed by atoms with E-state index >= 15 is 0 Å². The van der Waals surface area contributed by atoms with Crippen LogP contribution in [0.2, 0.25) is 15.1 Å². The zero-order valence-electron chi connectivity index (χ0n) is 13.7. The number of carbonyl (C=O) groups excluding carboxylic acids is 1. The van der Waals surface area contributed by atoms with Crippen molar-refractivity contribution in [2.45, 2.75) is 6.42 Å². The van der Waals surface area contributed by atoms with Crippen LogP contribution in [0.15, 0.2) is 24.3 Å². The summed E-state index contributed by atoms with van der Waals surface area (Å²) < 4.78 is 21.0. The van der Waals surface area contributed by atoms with Crippen LogP contribution in [0, 0.1) is 0 Å². The van der Waals surface area contributed by atoms with Crippen LogP contribution < -0.4 is 18.9 Å². The predicted molar refractivity (Wildman–Crippen MR) is 96.9 cm³/mol. The van der Waals surface area contributed by atoms with Crippen LogP contribution in [0.3, 0.4) is 0 Å². The minimum atomic E-state index is -0.555. The van der Waals surface area contributed by atoms with Gasteiger partial charge in [-0.25, -0.2) is 0 Å². The molecule has 25 heavy (non-hydrogen) atoms. The molecule has 0 radical (unpaired) electrons. The minimum absolute atomic E-state index is 0.0496. The van der Waals surface area contributed by atoms with Crippen LogP contribution in [-0.2, 0) is 11.2 Å². The summed E-state index contributed by atoms with van der Waals surface area (Å²) in [7, 11) is 4.48. The van der Waals surface area contributed by atoms with Gasteiger partial charge in [-0.15, -0.1) is 0 Å². The molecule has 2 aromatic carbocycles. The van der Waals surface area contributed by atoms with Crippen LogP contribution >= 0.6 is 34.8 Å². The number of benzene rings is 2. The first kappa shape index (κ1) is 19.5. The molecule has 8 heteroatoms. The van der Waals surface area contributed by atoms with Gasteiger partial charge in [0.2, 0.25) is 5.75 Å². The summed E-state index contributed by atoms with van der Waals surface area (Å²) in [6, 6.07) is 6.20. The predicted octanol–water partition coefficient (Wildman–Crippen LogP) is 4.82. The number of rotatable bonds is 6. The van der Waals surface area contributed by atoms with Gasteiger partial charge in [0.05, 0.1) is 37.8 Å². The van der Waals surface area contributed by atoms with Gasteiger partial charge >= 0.3 is 5.97 Å². The van der Waals surface area contributed by atoms with Gasteiger partial charge in [0.1, 0.15) is 0 Å². The molecule has 0 bridgehead atoms. The molecular weight excluding hydrogens is 391 g/mol. The fraction of sp³-hybridized carbons (Fsp3) is 0.235. The Kier molecular flexibility index (Phi) is 6.64. The van der Waals surface area contributed by atoms with Crippen molar-refractivity contribution in [3.63, 3.8) is 0 Å². The van der Waals surface area contributed by atoms with E-state index in [1.165, 1.54) is 33.5 Å². The lowest BCUT2D eigenvalue weighted by Gasteiger charge is -2.14. The monoisotopic (exact) mass is 404 g/mol. The van der Waals surface area contributed by atoms with Gasteiger partial charge in [-0.3, -0.25) is 4.79 Å². The molecule has 5 nitrogen and oxygen atoms in total. The summed E-state index contributed by atoms with van der Waals surface area (Å²) >= 11 is 17.9. The van der Waals surface area contributed by atoms with Crippen molar-refractivity contribution in [3.05, 3.63) is 44.9 Å². The van der Waals surface area contributed by atoms with E-state index in [1.807, 2.05) is 0 Å². The van der Waals surface area contributed by atoms with E-state index < -0.39 is 5.97 Å². The first-order valence-electron chi connectivity index (χ1n) is 7.03. The molecule has 0 unspecified atom stereocenters. The molecule has 0 heterocycles. The average Bonchev–Trinajstić information content (AvgIpc) is 2.57. The Morgan fingerprint density at radius 2 is 1.36 bits per heavy atom. The van der Waals surface area contributed by atoms with Gasteiger partial charge in [0, 0.05) is 5.02 Å². The summed E-state index contributed by atoms with van der Waals surface area (Å²) in [4.78, 5) is 12.2. The number of carbonyl (C=O) groups is 1. The molecule has 0 saturated heterocycles. The SMILES string of the molecule is COc1cc(CC(=O)Oc2c(Cl)cc(Cl)cc2Cl)cc(OC)c1OC. The quantitative estimate of drug-likeness (QED) is 0.509. The van der Waals surface area contributed by atoms with Crippen molar-refractivity contribution in [2.75, 3.05) is 21.3 Å². The smallest absolute Gasteiger partial charge is 0.315 e. The molecule has 0 aliphatic heterocycles. The third-order valence-corrected chi connectivity index (χ3v) is 4.03. The fourth-order valence-corrected chi connectivity index (χ4v) is 3.07. The van der Waals surface area contributed by atoms with E-state index in [9.17, 15) is 4.79 Å². The molecule has 0 N–H and O–H groups in total. The number of hydrogen-bond donors (Lipinski definition) is 0. The van der Waals surface area contributed by atoms with Crippen molar-refractivity contribution in [3.8, 4) is 23.0 Å². The van der Waals surface area contributed by atoms with Crippen LogP contribution in [0.4, 0.5) is 0 Å². The normalized spacial score (nSPS) is 10.3. The first-order valence-corrected chi connectivity index (χ1v) is 8.17. The molecule has 0 saturated carbocycles. The van der Waals surface area contributed by atoms with Gasteiger partial charge in [-0.2, -0.15) is 0 Å². The molecule has 0 aliphatic rings. The van der Waals surface area contributed by atoms with Crippen LogP contribution in [-0.4, -0.2) is 27.3 Å². The Bertz CT molecular complexity index is 744. The van der Waals surface area contributed by atoms with Crippen molar-refractivity contribution in [2.24, 2.45) is 0 Å². The van der Waals surface area contributed by atoms with E-state index in [0.29, 0.717) is 27.8 Å². The maximum Gasteiger partial charge on any atom is 0.315 e. The zero-order chi connectivity index (χ0) is 18.6. The number of halogens is 3. The molecule has 0 amide bonds. The van der Waals surface area contributed by atoms with Gasteiger partial charge in [-0.1, -0.05) is 34.8 Å². The Morgan fingerprint density at radius 3 is 1.80 bits per heavy atom. The van der Waals surface area contributed by atoms with Gasteiger partial charge in [0.15, 0.2) is 17.2 Å². The third-order valence-electron chi connectivity index (χ3n) is 3.25. The second kappa shape index (κ2) is 8.52. The lowest BCUT2D eigenvalue weighted by atomic mass is 10.1. The second-order valence-corrected chi connectivity index (χ2v) is 6.13. The second-order valence-electron chi connectivity index (χ2n) is 4.88. The Balaban J connectivity index is 2.24. The molecule has 0 atom stereocenters. The Hall–Kier alpha value is -1.82. The summed E-state index contributed by atoms with van der Waals surface area (Å²) in [6.07, 6.45) is -0.0496. The molecule has 0 aromatic heterocycles. The largest absolute Gasteiger partial charge is 0.493 e. The Labute approximate surface area is 160 Å². The molecule has 0 spiro atoms. The highest BCUT2D eigenvalue weighted by molar-refractivity contribution is 6.40. The van der Waals surface area contributed by atoms with Crippen molar-refractivity contribution in [1.82, 2.24) is 0 Å². The van der Waals surface area contributed by atoms with E-state index in [-0.39, 0.29) is 22.2 Å². The van der Waals surface area contributed by atoms with E-state index in [2.05, 4.69) is 0 Å². The lowest BCUT2D eigenvalue weighted by molar-refractivity contribution is -0.133. The number of hydrogen-bond acceptors (Lipinski definition) is 5.